The van der Waals surface area contributed by atoms with Crippen LogP contribution in [0.5, 0.6) is 0 Å². The summed E-state index contributed by atoms with van der Waals surface area (Å²) in [5, 5.41) is 10.6. The Hall–Kier alpha value is -2.20. The molecule has 1 heterocycles. The number of fused-ring (bicyclic) bond motifs is 4. The Morgan fingerprint density at radius 2 is 1.79 bits per heavy atom. The van der Waals surface area contributed by atoms with Crippen LogP contribution < -0.4 is 0 Å². The normalized spacial score (nSPS) is 18.0. The van der Waals surface area contributed by atoms with Crippen LogP contribution in [0.4, 0.5) is 0 Å². The lowest BCUT2D eigenvalue weighted by atomic mass is 9.70. The second kappa shape index (κ2) is 5.15. The van der Waals surface area contributed by atoms with Crippen molar-refractivity contribution in [3.8, 4) is 11.3 Å². The molecule has 0 radical (unpaired) electrons. The zero-order chi connectivity index (χ0) is 17.1. The quantitative estimate of drug-likeness (QED) is 0.579. The molecule has 1 unspecified atom stereocenters. The van der Waals surface area contributed by atoms with Gasteiger partial charge in [0.2, 0.25) is 0 Å². The van der Waals surface area contributed by atoms with Gasteiger partial charge in [-0.1, -0.05) is 72.2 Å². The highest BCUT2D eigenvalue weighted by molar-refractivity contribution is 9.09. The van der Waals surface area contributed by atoms with Crippen LogP contribution in [-0.4, -0.2) is 16.1 Å². The van der Waals surface area contributed by atoms with E-state index in [0.29, 0.717) is 16.5 Å². The smallest absolute Gasteiger partial charge is 0.336 e. The Morgan fingerprint density at radius 3 is 2.54 bits per heavy atom. The Balaban J connectivity index is 2.22. The van der Waals surface area contributed by atoms with Crippen LogP contribution >= 0.6 is 15.9 Å². The van der Waals surface area contributed by atoms with E-state index in [1.54, 1.807) is 0 Å². The SMILES string of the molecule is CC1(C)c2ccccc2-c2nc3ccccc3c(C(=O)O)c2C1Br. The van der Waals surface area contributed by atoms with Crippen LogP contribution in [-0.2, 0) is 5.41 Å². The first-order valence-electron chi connectivity index (χ1n) is 7.83. The summed E-state index contributed by atoms with van der Waals surface area (Å²) in [4.78, 5) is 16.8. The zero-order valence-electron chi connectivity index (χ0n) is 13.4. The third kappa shape index (κ3) is 1.96. The van der Waals surface area contributed by atoms with E-state index in [0.717, 1.165) is 16.8 Å². The molecule has 0 spiro atoms. The van der Waals surface area contributed by atoms with Gasteiger partial charge >= 0.3 is 5.97 Å². The van der Waals surface area contributed by atoms with Gasteiger partial charge in [0.1, 0.15) is 0 Å². The van der Waals surface area contributed by atoms with Crippen molar-refractivity contribution in [2.24, 2.45) is 0 Å². The van der Waals surface area contributed by atoms with Crippen molar-refractivity contribution in [3.63, 3.8) is 0 Å². The fraction of sp³-hybridized carbons (Fsp3) is 0.200. The average molecular weight is 382 g/mol. The summed E-state index contributed by atoms with van der Waals surface area (Å²) in [6.45, 7) is 4.27. The van der Waals surface area contributed by atoms with Gasteiger partial charge in [0.15, 0.2) is 0 Å². The van der Waals surface area contributed by atoms with Crippen molar-refractivity contribution in [1.82, 2.24) is 4.98 Å². The predicted octanol–water partition coefficient (Wildman–Crippen LogP) is 5.33. The lowest BCUT2D eigenvalue weighted by molar-refractivity contribution is 0.0697. The standard InChI is InChI=1S/C20H16BrNO2/c1-20(2)13-9-5-3-7-11(13)17-16(18(20)21)15(19(23)24)12-8-4-6-10-14(12)22-17/h3-10,18H,1-2H3,(H,23,24). The van der Waals surface area contributed by atoms with Gasteiger partial charge in [-0.25, -0.2) is 9.78 Å². The van der Waals surface area contributed by atoms with Crippen molar-refractivity contribution in [2.75, 3.05) is 0 Å². The maximum Gasteiger partial charge on any atom is 0.336 e. The number of hydrogen-bond donors (Lipinski definition) is 1. The molecule has 1 atom stereocenters. The van der Waals surface area contributed by atoms with Crippen LogP contribution in [0.3, 0.4) is 0 Å². The monoisotopic (exact) mass is 381 g/mol. The second-order valence-corrected chi connectivity index (χ2v) is 7.62. The summed E-state index contributed by atoms with van der Waals surface area (Å²) in [5.74, 6) is -0.913. The number of nitrogens with zero attached hydrogens (tertiary/aromatic N) is 1. The number of alkyl halides is 1. The number of carboxylic acids is 1. The third-order valence-electron chi connectivity index (χ3n) is 4.91. The van der Waals surface area contributed by atoms with E-state index in [9.17, 15) is 9.90 Å². The van der Waals surface area contributed by atoms with E-state index >= 15 is 0 Å². The van der Waals surface area contributed by atoms with Gasteiger partial charge in [-0.05, 0) is 11.6 Å². The first-order chi connectivity index (χ1) is 11.4. The lowest BCUT2D eigenvalue weighted by Crippen LogP contribution is -2.30. The molecule has 1 N–H and O–H groups in total. The molecule has 0 saturated heterocycles. The van der Waals surface area contributed by atoms with Gasteiger partial charge in [0, 0.05) is 21.9 Å². The molecule has 4 rings (SSSR count). The molecular weight excluding hydrogens is 366 g/mol. The van der Waals surface area contributed by atoms with Crippen molar-refractivity contribution < 1.29 is 9.90 Å². The molecule has 3 nitrogen and oxygen atoms in total. The predicted molar refractivity (Wildman–Crippen MR) is 98.8 cm³/mol. The number of carbonyl (C=O) groups is 1. The maximum atomic E-state index is 12.1. The van der Waals surface area contributed by atoms with Crippen molar-refractivity contribution >= 4 is 32.8 Å². The molecular formula is C20H16BrNO2. The number of pyridine rings is 1. The number of halogens is 1. The first-order valence-corrected chi connectivity index (χ1v) is 8.74. The Morgan fingerprint density at radius 1 is 1.12 bits per heavy atom. The van der Waals surface area contributed by atoms with E-state index in [1.807, 2.05) is 42.5 Å². The molecule has 0 fully saturated rings. The molecule has 120 valence electrons. The fourth-order valence-corrected chi connectivity index (χ4v) is 4.35. The summed E-state index contributed by atoms with van der Waals surface area (Å²) in [5.41, 5.74) is 4.55. The van der Waals surface area contributed by atoms with E-state index in [4.69, 9.17) is 4.98 Å². The topological polar surface area (TPSA) is 50.2 Å². The molecule has 4 heteroatoms. The Labute approximate surface area is 148 Å². The molecule has 0 saturated carbocycles. The lowest BCUT2D eigenvalue weighted by Gasteiger charge is -2.39. The molecule has 0 aliphatic heterocycles. The number of carboxylic acid groups (broad SMARTS) is 1. The minimum absolute atomic E-state index is 0.127. The zero-order valence-corrected chi connectivity index (χ0v) is 15.0. The number of hydrogen-bond acceptors (Lipinski definition) is 2. The molecule has 1 aliphatic carbocycles. The molecule has 2 aromatic carbocycles. The molecule has 3 aromatic rings. The largest absolute Gasteiger partial charge is 0.478 e. The summed E-state index contributed by atoms with van der Waals surface area (Å²) in [6.07, 6.45) is 0. The highest BCUT2D eigenvalue weighted by Crippen LogP contribution is 2.54. The van der Waals surface area contributed by atoms with Gasteiger partial charge < -0.3 is 5.11 Å². The van der Waals surface area contributed by atoms with Crippen molar-refractivity contribution in [3.05, 3.63) is 65.2 Å². The molecule has 1 aromatic heterocycles. The van der Waals surface area contributed by atoms with Crippen LogP contribution in [0, 0.1) is 0 Å². The van der Waals surface area contributed by atoms with Gasteiger partial charge in [0.05, 0.1) is 21.6 Å². The minimum Gasteiger partial charge on any atom is -0.478 e. The number of rotatable bonds is 1. The summed E-state index contributed by atoms with van der Waals surface area (Å²) < 4.78 is 0. The van der Waals surface area contributed by atoms with E-state index in [2.05, 4.69) is 35.8 Å². The molecule has 24 heavy (non-hydrogen) atoms. The first kappa shape index (κ1) is 15.3. The van der Waals surface area contributed by atoms with Gasteiger partial charge in [0.25, 0.3) is 0 Å². The van der Waals surface area contributed by atoms with Gasteiger partial charge in [-0.2, -0.15) is 0 Å². The Kier molecular flexibility index (Phi) is 3.29. The fourth-order valence-electron chi connectivity index (χ4n) is 3.66. The highest BCUT2D eigenvalue weighted by Gasteiger charge is 2.42. The highest BCUT2D eigenvalue weighted by atomic mass is 79.9. The number of aromatic carboxylic acids is 1. The van der Waals surface area contributed by atoms with E-state index in [-0.39, 0.29) is 10.2 Å². The van der Waals surface area contributed by atoms with E-state index < -0.39 is 5.97 Å². The van der Waals surface area contributed by atoms with Crippen LogP contribution in [0.1, 0.15) is 40.2 Å². The average Bonchev–Trinajstić information content (AvgIpc) is 2.58. The number of para-hydroxylation sites is 1. The van der Waals surface area contributed by atoms with E-state index in [1.165, 1.54) is 5.56 Å². The number of aromatic nitrogens is 1. The molecule has 0 bridgehead atoms. The second-order valence-electron chi connectivity index (χ2n) is 6.70. The summed E-state index contributed by atoms with van der Waals surface area (Å²) in [7, 11) is 0. The van der Waals surface area contributed by atoms with Gasteiger partial charge in [-0.3, -0.25) is 0 Å². The van der Waals surface area contributed by atoms with Crippen molar-refractivity contribution in [2.45, 2.75) is 24.1 Å². The molecule has 1 aliphatic rings. The summed E-state index contributed by atoms with van der Waals surface area (Å²) in [6, 6.07) is 15.6. The summed E-state index contributed by atoms with van der Waals surface area (Å²) >= 11 is 3.78. The Bertz CT molecular complexity index is 994. The van der Waals surface area contributed by atoms with Crippen molar-refractivity contribution in [1.29, 1.82) is 0 Å². The third-order valence-corrected chi connectivity index (χ3v) is 6.51. The van der Waals surface area contributed by atoms with Crippen LogP contribution in [0.15, 0.2) is 48.5 Å². The molecule has 0 amide bonds. The number of benzene rings is 2. The van der Waals surface area contributed by atoms with Gasteiger partial charge in [-0.15, -0.1) is 0 Å². The minimum atomic E-state index is -0.913. The maximum absolute atomic E-state index is 12.1. The van der Waals surface area contributed by atoms with Crippen LogP contribution in [0.2, 0.25) is 0 Å². The van der Waals surface area contributed by atoms with Crippen LogP contribution in [0.25, 0.3) is 22.2 Å².